The molecule has 0 bridgehead atoms. The van der Waals surface area contributed by atoms with Gasteiger partial charge in [0.25, 0.3) is 0 Å². The first-order valence-electron chi connectivity index (χ1n) is 20.3. The Labute approximate surface area is 348 Å². The summed E-state index contributed by atoms with van der Waals surface area (Å²) in [6.07, 6.45) is 7.74. The number of para-hydroxylation sites is 2. The molecular formula is C52H40N8. The van der Waals surface area contributed by atoms with Crippen LogP contribution in [0, 0.1) is 5.92 Å². The molecule has 0 amide bonds. The summed E-state index contributed by atoms with van der Waals surface area (Å²) in [7, 11) is 0. The topological polar surface area (TPSA) is 95.2 Å². The molecule has 0 saturated heterocycles. The van der Waals surface area contributed by atoms with Crippen LogP contribution < -0.4 is 0 Å². The first-order valence-corrected chi connectivity index (χ1v) is 20.3. The molecule has 60 heavy (non-hydrogen) atoms. The van der Waals surface area contributed by atoms with E-state index in [0.29, 0.717) is 40.9 Å². The first kappa shape index (κ1) is 36.6. The summed E-state index contributed by atoms with van der Waals surface area (Å²) in [5, 5.41) is 0. The summed E-state index contributed by atoms with van der Waals surface area (Å²) >= 11 is 0. The second-order valence-electron chi connectivity index (χ2n) is 15.2. The molecule has 1 aliphatic carbocycles. The van der Waals surface area contributed by atoms with Crippen LogP contribution >= 0.6 is 0 Å². The summed E-state index contributed by atoms with van der Waals surface area (Å²) in [5.41, 5.74) is 9.28. The SMILES string of the molecule is CC(C)C1=CC(c2nc3ccccc3n2-c2cc(-c3nc(-c4ccccc4)nc(-c4ccccc4)n3)cc(-c3nc(-c4ccccc4)nc(-c4ccccc4)n3)c2)CC=C1. The number of allylic oxidation sites excluding steroid dienone is 4. The molecule has 0 saturated carbocycles. The van der Waals surface area contributed by atoms with E-state index in [-0.39, 0.29) is 5.92 Å². The molecule has 6 aromatic carbocycles. The number of imidazole rings is 1. The predicted octanol–water partition coefficient (Wildman–Crippen LogP) is 12.0. The van der Waals surface area contributed by atoms with Gasteiger partial charge in [-0.1, -0.05) is 166 Å². The van der Waals surface area contributed by atoms with E-state index < -0.39 is 0 Å². The normalized spacial score (nSPS) is 13.8. The van der Waals surface area contributed by atoms with E-state index in [9.17, 15) is 0 Å². The maximum atomic E-state index is 5.33. The van der Waals surface area contributed by atoms with Crippen LogP contribution in [0.15, 0.2) is 188 Å². The number of benzene rings is 6. The van der Waals surface area contributed by atoms with Crippen molar-refractivity contribution in [2.75, 3.05) is 0 Å². The van der Waals surface area contributed by atoms with Crippen LogP contribution in [0.3, 0.4) is 0 Å². The van der Waals surface area contributed by atoms with Crippen LogP contribution in [0.2, 0.25) is 0 Å². The van der Waals surface area contributed by atoms with E-state index in [1.54, 1.807) is 0 Å². The standard InChI is InChI=1S/C52H40N8/c1-34(2)39-26-17-27-40(30-39)52-53-44-28-15-16-29-45(44)60(52)43-32-41(50-56-46(35-18-7-3-8-19-35)54-47(57-50)36-20-9-4-10-21-36)31-42(33-43)51-58-48(37-22-11-5-12-23-37)55-49(59-51)38-24-13-6-14-25-38/h3-26,28-34,40H,27H2,1-2H3. The van der Waals surface area contributed by atoms with Gasteiger partial charge in [-0.25, -0.2) is 34.9 Å². The number of aromatic nitrogens is 8. The Kier molecular flexibility index (Phi) is 9.71. The highest BCUT2D eigenvalue weighted by molar-refractivity contribution is 5.81. The number of hydrogen-bond donors (Lipinski definition) is 0. The third kappa shape index (κ3) is 7.31. The molecule has 0 N–H and O–H groups in total. The number of fused-ring (bicyclic) bond motifs is 1. The zero-order valence-electron chi connectivity index (χ0n) is 33.3. The monoisotopic (exact) mass is 776 g/mol. The Balaban J connectivity index is 1.25. The van der Waals surface area contributed by atoms with Crippen molar-refractivity contribution in [2.24, 2.45) is 5.92 Å². The fourth-order valence-corrected chi connectivity index (χ4v) is 7.71. The highest BCUT2D eigenvalue weighted by Crippen LogP contribution is 2.37. The van der Waals surface area contributed by atoms with E-state index in [1.807, 2.05) is 127 Å². The lowest BCUT2D eigenvalue weighted by molar-refractivity contribution is 0.713. The molecular weight excluding hydrogens is 737 g/mol. The third-order valence-corrected chi connectivity index (χ3v) is 10.8. The van der Waals surface area contributed by atoms with Crippen molar-refractivity contribution in [1.29, 1.82) is 0 Å². The highest BCUT2D eigenvalue weighted by atomic mass is 15.1. The molecule has 9 aromatic rings. The van der Waals surface area contributed by atoms with E-state index in [2.05, 4.69) is 73.0 Å². The van der Waals surface area contributed by atoms with Gasteiger partial charge in [-0.2, -0.15) is 0 Å². The zero-order valence-corrected chi connectivity index (χ0v) is 33.3. The quantitative estimate of drug-likeness (QED) is 0.144. The van der Waals surface area contributed by atoms with Crippen molar-refractivity contribution in [3.8, 4) is 74.0 Å². The molecule has 10 rings (SSSR count). The Morgan fingerprint density at radius 2 is 0.850 bits per heavy atom. The molecule has 0 radical (unpaired) electrons. The summed E-state index contributed by atoms with van der Waals surface area (Å²) < 4.78 is 2.29. The van der Waals surface area contributed by atoms with Crippen LogP contribution in [0.4, 0.5) is 0 Å². The summed E-state index contributed by atoms with van der Waals surface area (Å²) in [5.74, 6) is 4.79. The van der Waals surface area contributed by atoms with Crippen molar-refractivity contribution in [3.63, 3.8) is 0 Å². The van der Waals surface area contributed by atoms with Gasteiger partial charge in [0.1, 0.15) is 5.82 Å². The maximum Gasteiger partial charge on any atom is 0.164 e. The predicted molar refractivity (Wildman–Crippen MR) is 240 cm³/mol. The molecule has 288 valence electrons. The van der Waals surface area contributed by atoms with Gasteiger partial charge in [0.05, 0.1) is 11.0 Å². The average Bonchev–Trinajstić information content (AvgIpc) is 3.72. The van der Waals surface area contributed by atoms with Gasteiger partial charge in [0.15, 0.2) is 34.9 Å². The van der Waals surface area contributed by atoms with E-state index in [1.165, 1.54) is 5.57 Å². The van der Waals surface area contributed by atoms with Gasteiger partial charge < -0.3 is 0 Å². The minimum absolute atomic E-state index is 0.0602. The molecule has 0 fully saturated rings. The lowest BCUT2D eigenvalue weighted by Gasteiger charge is -2.21. The van der Waals surface area contributed by atoms with Crippen molar-refractivity contribution in [2.45, 2.75) is 26.2 Å². The van der Waals surface area contributed by atoms with E-state index in [0.717, 1.165) is 62.3 Å². The molecule has 3 heterocycles. The molecule has 3 aromatic heterocycles. The summed E-state index contributed by atoms with van der Waals surface area (Å²) in [4.78, 5) is 36.0. The van der Waals surface area contributed by atoms with Gasteiger partial charge in [-0.05, 0) is 48.2 Å². The third-order valence-electron chi connectivity index (χ3n) is 10.8. The molecule has 1 aliphatic rings. The van der Waals surface area contributed by atoms with Gasteiger partial charge in [-0.15, -0.1) is 0 Å². The lowest BCUT2D eigenvalue weighted by atomic mass is 9.90. The van der Waals surface area contributed by atoms with Gasteiger partial charge in [0.2, 0.25) is 0 Å². The Morgan fingerprint density at radius 1 is 0.450 bits per heavy atom. The average molecular weight is 777 g/mol. The highest BCUT2D eigenvalue weighted by Gasteiger charge is 2.24. The van der Waals surface area contributed by atoms with Gasteiger partial charge >= 0.3 is 0 Å². The van der Waals surface area contributed by atoms with Gasteiger partial charge in [-0.3, -0.25) is 4.57 Å². The lowest BCUT2D eigenvalue weighted by Crippen LogP contribution is -2.10. The van der Waals surface area contributed by atoms with Crippen molar-refractivity contribution in [1.82, 2.24) is 39.5 Å². The molecule has 8 heteroatoms. The molecule has 0 aliphatic heterocycles. The van der Waals surface area contributed by atoms with Crippen LogP contribution in [0.1, 0.15) is 32.0 Å². The number of rotatable bonds is 9. The van der Waals surface area contributed by atoms with Crippen LogP contribution in [0.25, 0.3) is 85.0 Å². The Morgan fingerprint density at radius 3 is 1.28 bits per heavy atom. The van der Waals surface area contributed by atoms with Crippen LogP contribution in [-0.4, -0.2) is 39.5 Å². The number of hydrogen-bond acceptors (Lipinski definition) is 7. The molecule has 8 nitrogen and oxygen atoms in total. The maximum absolute atomic E-state index is 5.33. The Hall–Kier alpha value is -7.71. The molecule has 1 unspecified atom stereocenters. The van der Waals surface area contributed by atoms with E-state index >= 15 is 0 Å². The van der Waals surface area contributed by atoms with Crippen LogP contribution in [-0.2, 0) is 0 Å². The van der Waals surface area contributed by atoms with E-state index in [4.69, 9.17) is 34.9 Å². The van der Waals surface area contributed by atoms with Crippen molar-refractivity contribution in [3.05, 3.63) is 193 Å². The molecule has 0 spiro atoms. The first-order chi connectivity index (χ1) is 29.5. The van der Waals surface area contributed by atoms with Crippen LogP contribution in [0.5, 0.6) is 0 Å². The minimum atomic E-state index is 0.0602. The summed E-state index contributed by atoms with van der Waals surface area (Å²) in [6, 6.07) is 54.9. The zero-order chi connectivity index (χ0) is 40.4. The van der Waals surface area contributed by atoms with Crippen molar-refractivity contribution >= 4 is 11.0 Å². The number of nitrogens with zero attached hydrogens (tertiary/aromatic N) is 8. The second kappa shape index (κ2) is 15.9. The largest absolute Gasteiger partial charge is 0.296 e. The fourth-order valence-electron chi connectivity index (χ4n) is 7.71. The molecule has 1 atom stereocenters. The van der Waals surface area contributed by atoms with Crippen molar-refractivity contribution < 1.29 is 0 Å². The minimum Gasteiger partial charge on any atom is -0.296 e. The summed E-state index contributed by atoms with van der Waals surface area (Å²) in [6.45, 7) is 4.48. The second-order valence-corrected chi connectivity index (χ2v) is 15.2. The Bertz CT molecular complexity index is 2770. The smallest absolute Gasteiger partial charge is 0.164 e. The van der Waals surface area contributed by atoms with Gasteiger partial charge in [0, 0.05) is 45.0 Å². The fraction of sp³-hybridized carbons (Fsp3) is 0.0962.